The molecule has 3 atom stereocenters. The second kappa shape index (κ2) is 4.23. The molecule has 0 aromatic rings. The maximum Gasteiger partial charge on any atom is 0.230 e. The first-order valence-corrected chi connectivity index (χ1v) is 6.64. The summed E-state index contributed by atoms with van der Waals surface area (Å²) in [7, 11) is 0. The fourth-order valence-electron chi connectivity index (χ4n) is 3.16. The normalized spacial score (nSPS) is 40.2. The molecule has 2 rings (SSSR count). The van der Waals surface area contributed by atoms with Crippen LogP contribution in [0.25, 0.3) is 0 Å². The highest BCUT2D eigenvalue weighted by Gasteiger charge is 2.49. The fraction of sp³-hybridized carbons (Fsp3) is 0.846. The topological polar surface area (TPSA) is 89.4 Å². The third kappa shape index (κ3) is 1.90. The average Bonchev–Trinajstić information content (AvgIpc) is 2.85. The van der Waals surface area contributed by atoms with Crippen molar-refractivity contribution >= 4 is 11.8 Å². The number of nitrogens with zero attached hydrogens (tertiary/aromatic N) is 1. The Morgan fingerprint density at radius 2 is 1.94 bits per heavy atom. The number of hydrogen-bond donors (Lipinski definition) is 2. The van der Waals surface area contributed by atoms with Crippen LogP contribution < -0.4 is 11.5 Å². The molecule has 1 saturated carbocycles. The maximum absolute atomic E-state index is 12.6. The van der Waals surface area contributed by atoms with Gasteiger partial charge in [0.1, 0.15) is 0 Å². The van der Waals surface area contributed by atoms with Gasteiger partial charge in [0.2, 0.25) is 11.8 Å². The Labute approximate surface area is 108 Å². The van der Waals surface area contributed by atoms with Gasteiger partial charge in [0.05, 0.1) is 10.8 Å². The quantitative estimate of drug-likeness (QED) is 0.738. The maximum atomic E-state index is 12.6. The lowest BCUT2D eigenvalue weighted by Crippen LogP contribution is -2.49. The van der Waals surface area contributed by atoms with Gasteiger partial charge in [-0.25, -0.2) is 0 Å². The lowest BCUT2D eigenvalue weighted by Gasteiger charge is -2.33. The molecule has 1 aliphatic heterocycles. The molecule has 4 N–H and O–H groups in total. The summed E-state index contributed by atoms with van der Waals surface area (Å²) in [6.45, 7) is 4.83. The number of rotatable bonds is 2. The Morgan fingerprint density at radius 1 is 1.28 bits per heavy atom. The van der Waals surface area contributed by atoms with Gasteiger partial charge < -0.3 is 16.4 Å². The average molecular weight is 253 g/mol. The minimum Gasteiger partial charge on any atom is -0.369 e. The van der Waals surface area contributed by atoms with Gasteiger partial charge in [-0.05, 0) is 33.1 Å². The number of amides is 2. The number of primary amides is 1. The number of carbonyl (C=O) groups is 2. The van der Waals surface area contributed by atoms with E-state index in [2.05, 4.69) is 0 Å². The van der Waals surface area contributed by atoms with Crippen molar-refractivity contribution in [1.29, 1.82) is 0 Å². The zero-order valence-electron chi connectivity index (χ0n) is 11.2. The first-order valence-electron chi connectivity index (χ1n) is 6.64. The molecule has 0 aromatic carbocycles. The van der Waals surface area contributed by atoms with Crippen LogP contribution >= 0.6 is 0 Å². The van der Waals surface area contributed by atoms with Crippen LogP contribution in [0.15, 0.2) is 0 Å². The van der Waals surface area contributed by atoms with Crippen molar-refractivity contribution in [3.63, 3.8) is 0 Å². The van der Waals surface area contributed by atoms with Crippen molar-refractivity contribution in [3.05, 3.63) is 0 Å². The number of likely N-dealkylation sites (tertiary alicyclic amines) is 1. The molecule has 5 nitrogen and oxygen atoms in total. The van der Waals surface area contributed by atoms with Crippen LogP contribution in [0.5, 0.6) is 0 Å². The summed E-state index contributed by atoms with van der Waals surface area (Å²) < 4.78 is 0. The summed E-state index contributed by atoms with van der Waals surface area (Å²) in [5, 5.41) is 0. The number of hydrogen-bond acceptors (Lipinski definition) is 3. The minimum absolute atomic E-state index is 0.0644. The van der Waals surface area contributed by atoms with E-state index in [1.54, 1.807) is 4.90 Å². The molecule has 5 heteroatoms. The molecule has 2 amide bonds. The largest absolute Gasteiger partial charge is 0.369 e. The summed E-state index contributed by atoms with van der Waals surface area (Å²) >= 11 is 0. The monoisotopic (exact) mass is 253 g/mol. The van der Waals surface area contributed by atoms with Crippen LogP contribution in [0.1, 0.15) is 39.5 Å². The molecular formula is C13H23N3O2. The molecule has 0 radical (unpaired) electrons. The van der Waals surface area contributed by atoms with E-state index in [4.69, 9.17) is 11.5 Å². The van der Waals surface area contributed by atoms with Gasteiger partial charge in [-0.1, -0.05) is 6.42 Å². The van der Waals surface area contributed by atoms with Gasteiger partial charge in [-0.3, -0.25) is 9.59 Å². The third-order valence-corrected chi connectivity index (χ3v) is 4.87. The first-order chi connectivity index (χ1) is 8.29. The SMILES string of the molecule is CC1(C(N)=O)CCN(C(=O)C2(C)CCCC2N)C1. The van der Waals surface area contributed by atoms with E-state index in [-0.39, 0.29) is 17.9 Å². The summed E-state index contributed by atoms with van der Waals surface area (Å²) in [5.74, 6) is -0.226. The van der Waals surface area contributed by atoms with Gasteiger partial charge in [-0.15, -0.1) is 0 Å². The van der Waals surface area contributed by atoms with Crippen LogP contribution in [0.3, 0.4) is 0 Å². The van der Waals surface area contributed by atoms with E-state index in [1.165, 1.54) is 0 Å². The molecule has 2 aliphatic rings. The lowest BCUT2D eigenvalue weighted by molar-refractivity contribution is -0.141. The molecule has 0 aromatic heterocycles. The van der Waals surface area contributed by atoms with Crippen LogP contribution in [-0.4, -0.2) is 35.8 Å². The van der Waals surface area contributed by atoms with Crippen LogP contribution in [0.2, 0.25) is 0 Å². The highest BCUT2D eigenvalue weighted by molar-refractivity contribution is 5.86. The molecule has 1 saturated heterocycles. The zero-order valence-corrected chi connectivity index (χ0v) is 11.2. The van der Waals surface area contributed by atoms with E-state index in [0.717, 1.165) is 19.3 Å². The van der Waals surface area contributed by atoms with Crippen molar-refractivity contribution in [2.24, 2.45) is 22.3 Å². The summed E-state index contributed by atoms with van der Waals surface area (Å²) in [6.07, 6.45) is 3.41. The predicted octanol–water partition coefficient (Wildman–Crippen LogP) is 0.228. The van der Waals surface area contributed by atoms with Gasteiger partial charge in [0.25, 0.3) is 0 Å². The summed E-state index contributed by atoms with van der Waals surface area (Å²) in [5.41, 5.74) is 10.4. The molecule has 2 fully saturated rings. The number of carbonyl (C=O) groups excluding carboxylic acids is 2. The Kier molecular flexibility index (Phi) is 3.13. The predicted molar refractivity (Wildman–Crippen MR) is 68.4 cm³/mol. The standard InChI is InChI=1S/C13H23N3O2/c1-12(10(15)17)6-7-16(8-12)11(18)13(2)5-3-4-9(13)14/h9H,3-8,14H2,1-2H3,(H2,15,17). The molecule has 3 unspecified atom stereocenters. The van der Waals surface area contributed by atoms with Crippen molar-refractivity contribution in [2.75, 3.05) is 13.1 Å². The summed E-state index contributed by atoms with van der Waals surface area (Å²) in [6, 6.07) is -0.0644. The van der Waals surface area contributed by atoms with E-state index in [9.17, 15) is 9.59 Å². The first kappa shape index (κ1) is 13.3. The van der Waals surface area contributed by atoms with Gasteiger partial charge >= 0.3 is 0 Å². The highest BCUT2D eigenvalue weighted by Crippen LogP contribution is 2.40. The number of nitrogens with two attached hydrogens (primary N) is 2. The Bertz CT molecular complexity index is 384. The van der Waals surface area contributed by atoms with Gasteiger partial charge in [0.15, 0.2) is 0 Å². The fourth-order valence-corrected chi connectivity index (χ4v) is 3.16. The Balaban J connectivity index is 2.10. The van der Waals surface area contributed by atoms with Crippen molar-refractivity contribution < 1.29 is 9.59 Å². The van der Waals surface area contributed by atoms with E-state index in [0.29, 0.717) is 19.5 Å². The molecule has 0 bridgehead atoms. The summed E-state index contributed by atoms with van der Waals surface area (Å²) in [4.78, 5) is 25.8. The molecule has 1 aliphatic carbocycles. The molecule has 1 heterocycles. The molecule has 102 valence electrons. The van der Waals surface area contributed by atoms with Gasteiger partial charge in [-0.2, -0.15) is 0 Å². The van der Waals surface area contributed by atoms with E-state index < -0.39 is 10.8 Å². The van der Waals surface area contributed by atoms with Crippen molar-refractivity contribution in [2.45, 2.75) is 45.6 Å². The Hall–Kier alpha value is -1.10. The minimum atomic E-state index is -0.575. The molecule has 0 spiro atoms. The Morgan fingerprint density at radius 3 is 2.39 bits per heavy atom. The third-order valence-electron chi connectivity index (χ3n) is 4.87. The second-order valence-corrected chi connectivity index (χ2v) is 6.32. The van der Waals surface area contributed by atoms with Gasteiger partial charge in [0, 0.05) is 19.1 Å². The van der Waals surface area contributed by atoms with E-state index >= 15 is 0 Å². The van der Waals surface area contributed by atoms with Crippen LogP contribution in [-0.2, 0) is 9.59 Å². The molecular weight excluding hydrogens is 230 g/mol. The lowest BCUT2D eigenvalue weighted by atomic mass is 9.83. The van der Waals surface area contributed by atoms with Crippen molar-refractivity contribution in [1.82, 2.24) is 4.90 Å². The highest BCUT2D eigenvalue weighted by atomic mass is 16.2. The van der Waals surface area contributed by atoms with Crippen molar-refractivity contribution in [3.8, 4) is 0 Å². The van der Waals surface area contributed by atoms with Crippen LogP contribution in [0.4, 0.5) is 0 Å². The second-order valence-electron chi connectivity index (χ2n) is 6.32. The van der Waals surface area contributed by atoms with Crippen LogP contribution in [0, 0.1) is 10.8 Å². The van der Waals surface area contributed by atoms with E-state index in [1.807, 2.05) is 13.8 Å². The zero-order chi connectivity index (χ0) is 13.6. The molecule has 18 heavy (non-hydrogen) atoms. The smallest absolute Gasteiger partial charge is 0.230 e.